The maximum atomic E-state index is 11.4. The van der Waals surface area contributed by atoms with E-state index in [1.54, 1.807) is 6.92 Å². The summed E-state index contributed by atoms with van der Waals surface area (Å²) in [6.45, 7) is 1.78. The van der Waals surface area contributed by atoms with E-state index in [9.17, 15) is 14.9 Å². The van der Waals surface area contributed by atoms with E-state index >= 15 is 0 Å². The van der Waals surface area contributed by atoms with Gasteiger partial charge >= 0.3 is 11.7 Å². The third-order valence-corrected chi connectivity index (χ3v) is 2.16. The summed E-state index contributed by atoms with van der Waals surface area (Å²) in [7, 11) is 0. The van der Waals surface area contributed by atoms with Crippen LogP contribution in [-0.4, -0.2) is 22.5 Å². The van der Waals surface area contributed by atoms with Crippen molar-refractivity contribution in [1.29, 1.82) is 0 Å². The lowest BCUT2D eigenvalue weighted by Crippen LogP contribution is -2.09. The summed E-state index contributed by atoms with van der Waals surface area (Å²) < 4.78 is 4.94. The molecule has 1 aromatic heterocycles. The van der Waals surface area contributed by atoms with Crippen molar-refractivity contribution in [2.45, 2.75) is 6.92 Å². The van der Waals surface area contributed by atoms with E-state index in [1.165, 1.54) is 6.20 Å². The van der Waals surface area contributed by atoms with Crippen molar-refractivity contribution in [3.8, 4) is 0 Å². The zero-order valence-corrected chi connectivity index (χ0v) is 9.35. The number of nitro groups is 1. The van der Waals surface area contributed by atoms with Gasteiger partial charge < -0.3 is 4.74 Å². The molecule has 0 aliphatic carbocycles. The number of carbonyl (C=O) groups excluding carboxylic acids is 1. The van der Waals surface area contributed by atoms with Gasteiger partial charge in [0.15, 0.2) is 5.56 Å². The average molecular weight is 275 g/mol. The number of esters is 1. The lowest BCUT2D eigenvalue weighted by atomic mass is 10.2. The highest BCUT2D eigenvalue weighted by Crippen LogP contribution is 2.25. The number of nitrogens with zero attached hydrogens (tertiary/aromatic N) is 2. The molecule has 0 fully saturated rings. The van der Waals surface area contributed by atoms with E-state index < -0.39 is 10.9 Å². The van der Waals surface area contributed by atoms with Gasteiger partial charge in [-0.3, -0.25) is 15.1 Å². The monoisotopic (exact) mass is 274 g/mol. The fourth-order valence-electron chi connectivity index (χ4n) is 0.969. The standard InChI is InChI=1S/C8H7BrN2O4/c1-2-15-8(12)7-5(9)3-10-4-6(7)11(13)14/h3-4H,2H2,1H3. The first-order chi connectivity index (χ1) is 7.07. The molecular formula is C8H7BrN2O4. The predicted molar refractivity (Wildman–Crippen MR) is 54.5 cm³/mol. The minimum atomic E-state index is -0.738. The predicted octanol–water partition coefficient (Wildman–Crippen LogP) is 1.93. The molecule has 0 atom stereocenters. The molecule has 0 saturated heterocycles. The molecule has 1 heterocycles. The van der Waals surface area contributed by atoms with Gasteiger partial charge in [-0.15, -0.1) is 0 Å². The van der Waals surface area contributed by atoms with E-state index in [-0.39, 0.29) is 22.3 Å². The number of hydrogen-bond donors (Lipinski definition) is 0. The Kier molecular flexibility index (Phi) is 3.73. The van der Waals surface area contributed by atoms with Gasteiger partial charge in [-0.25, -0.2) is 4.79 Å². The largest absolute Gasteiger partial charge is 0.462 e. The molecule has 0 spiro atoms. The zero-order chi connectivity index (χ0) is 11.4. The van der Waals surface area contributed by atoms with Gasteiger partial charge in [-0.05, 0) is 22.9 Å². The van der Waals surface area contributed by atoms with Crippen molar-refractivity contribution >= 4 is 27.6 Å². The summed E-state index contributed by atoms with van der Waals surface area (Å²) in [4.78, 5) is 25.0. The Morgan fingerprint density at radius 2 is 2.33 bits per heavy atom. The number of rotatable bonds is 3. The first-order valence-electron chi connectivity index (χ1n) is 4.03. The van der Waals surface area contributed by atoms with Crippen molar-refractivity contribution in [2.24, 2.45) is 0 Å². The molecule has 1 aromatic rings. The number of halogens is 1. The third-order valence-electron chi connectivity index (χ3n) is 1.56. The summed E-state index contributed by atoms with van der Waals surface area (Å²) in [5, 5.41) is 10.6. The zero-order valence-electron chi connectivity index (χ0n) is 7.77. The van der Waals surface area contributed by atoms with Crippen LogP contribution in [0.4, 0.5) is 5.69 Å². The molecule has 0 bridgehead atoms. The molecule has 0 radical (unpaired) electrons. The molecule has 0 unspecified atom stereocenters. The molecular weight excluding hydrogens is 268 g/mol. The van der Waals surface area contributed by atoms with Crippen molar-refractivity contribution in [3.05, 3.63) is 32.5 Å². The van der Waals surface area contributed by atoms with Gasteiger partial charge in [-0.1, -0.05) is 0 Å². The normalized spacial score (nSPS) is 9.73. The molecule has 0 amide bonds. The smallest absolute Gasteiger partial charge is 0.346 e. The highest BCUT2D eigenvalue weighted by Gasteiger charge is 2.24. The van der Waals surface area contributed by atoms with Crippen molar-refractivity contribution < 1.29 is 14.5 Å². The van der Waals surface area contributed by atoms with Gasteiger partial charge in [0.2, 0.25) is 0 Å². The van der Waals surface area contributed by atoms with Crippen molar-refractivity contribution in [3.63, 3.8) is 0 Å². The Bertz CT molecular complexity index is 408. The minimum Gasteiger partial charge on any atom is -0.462 e. The third kappa shape index (κ3) is 2.50. The molecule has 0 N–H and O–H groups in total. The summed E-state index contributed by atoms with van der Waals surface area (Å²) in [5.41, 5.74) is -0.486. The number of aromatic nitrogens is 1. The SMILES string of the molecule is CCOC(=O)c1c(Br)cncc1[N+](=O)[O-]. The highest BCUT2D eigenvalue weighted by molar-refractivity contribution is 9.10. The van der Waals surface area contributed by atoms with E-state index in [4.69, 9.17) is 4.74 Å². The second kappa shape index (κ2) is 4.83. The Balaban J connectivity index is 3.24. The number of hydrogen-bond acceptors (Lipinski definition) is 5. The van der Waals surface area contributed by atoms with Crippen LogP contribution in [0.15, 0.2) is 16.9 Å². The number of ether oxygens (including phenoxy) is 1. The second-order valence-corrected chi connectivity index (χ2v) is 3.35. The Morgan fingerprint density at radius 3 is 2.87 bits per heavy atom. The van der Waals surface area contributed by atoms with Crippen molar-refractivity contribution in [1.82, 2.24) is 4.98 Å². The summed E-state index contributed by atoms with van der Waals surface area (Å²) in [6.07, 6.45) is 2.32. The molecule has 0 saturated carbocycles. The Morgan fingerprint density at radius 1 is 1.67 bits per heavy atom. The Labute approximate surface area is 93.5 Å². The van der Waals surface area contributed by atoms with Crippen LogP contribution in [0.5, 0.6) is 0 Å². The van der Waals surface area contributed by atoms with E-state index in [0.717, 1.165) is 6.20 Å². The van der Waals surface area contributed by atoms with Crippen LogP contribution in [0.25, 0.3) is 0 Å². The maximum Gasteiger partial charge on any atom is 0.346 e. The summed E-state index contributed by atoms with van der Waals surface area (Å²) >= 11 is 3.02. The van der Waals surface area contributed by atoms with Crippen LogP contribution in [0, 0.1) is 10.1 Å². The fourth-order valence-corrected chi connectivity index (χ4v) is 1.45. The van der Waals surface area contributed by atoms with Gasteiger partial charge in [0.25, 0.3) is 0 Å². The van der Waals surface area contributed by atoms with E-state index in [1.807, 2.05) is 0 Å². The fraction of sp³-hybridized carbons (Fsp3) is 0.250. The van der Waals surface area contributed by atoms with E-state index in [2.05, 4.69) is 20.9 Å². The van der Waals surface area contributed by atoms with Gasteiger partial charge in [0.05, 0.1) is 16.0 Å². The molecule has 7 heteroatoms. The molecule has 0 aliphatic heterocycles. The maximum absolute atomic E-state index is 11.4. The summed E-state index contributed by atoms with van der Waals surface area (Å²) in [6, 6.07) is 0. The van der Waals surface area contributed by atoms with E-state index in [0.29, 0.717) is 0 Å². The van der Waals surface area contributed by atoms with Crippen LogP contribution in [-0.2, 0) is 4.74 Å². The van der Waals surface area contributed by atoms with Crippen molar-refractivity contribution in [2.75, 3.05) is 6.61 Å². The molecule has 0 aromatic carbocycles. The molecule has 0 aliphatic rings. The van der Waals surface area contributed by atoms with Gasteiger partial charge in [0, 0.05) is 6.20 Å². The van der Waals surface area contributed by atoms with Crippen LogP contribution < -0.4 is 0 Å². The van der Waals surface area contributed by atoms with Crippen LogP contribution in [0.3, 0.4) is 0 Å². The van der Waals surface area contributed by atoms with Gasteiger partial charge in [-0.2, -0.15) is 0 Å². The summed E-state index contributed by atoms with van der Waals surface area (Å²) in [5.74, 6) is -0.738. The molecule has 15 heavy (non-hydrogen) atoms. The topological polar surface area (TPSA) is 82.3 Å². The first kappa shape index (κ1) is 11.6. The second-order valence-electron chi connectivity index (χ2n) is 2.49. The van der Waals surface area contributed by atoms with Crippen LogP contribution >= 0.6 is 15.9 Å². The minimum absolute atomic E-state index is 0.114. The lowest BCUT2D eigenvalue weighted by Gasteiger charge is -2.03. The average Bonchev–Trinajstić information content (AvgIpc) is 2.17. The van der Waals surface area contributed by atoms with Crippen LogP contribution in [0.1, 0.15) is 17.3 Å². The number of pyridine rings is 1. The lowest BCUT2D eigenvalue weighted by molar-refractivity contribution is -0.385. The first-order valence-corrected chi connectivity index (χ1v) is 4.82. The van der Waals surface area contributed by atoms with Crippen LogP contribution in [0.2, 0.25) is 0 Å². The Hall–Kier alpha value is -1.50. The quantitative estimate of drug-likeness (QED) is 0.478. The van der Waals surface area contributed by atoms with Gasteiger partial charge in [0.1, 0.15) is 6.20 Å². The molecule has 1 rings (SSSR count). The molecule has 80 valence electrons. The highest BCUT2D eigenvalue weighted by atomic mass is 79.9. The number of carbonyl (C=O) groups is 1. The molecule has 6 nitrogen and oxygen atoms in total.